The highest BCUT2D eigenvalue weighted by atomic mass is 16.3. The number of carbonyl (C=O) groups excluding carboxylic acids is 1. The van der Waals surface area contributed by atoms with E-state index in [2.05, 4.69) is 5.32 Å². The largest absolute Gasteiger partial charge is 0.395 e. The van der Waals surface area contributed by atoms with Gasteiger partial charge in [0.25, 0.3) is 5.91 Å². The maximum Gasteiger partial charge on any atom is 0.251 e. The van der Waals surface area contributed by atoms with Gasteiger partial charge in [0.15, 0.2) is 6.10 Å². The van der Waals surface area contributed by atoms with Crippen molar-refractivity contribution in [2.45, 2.75) is 25.6 Å². The molecule has 1 amide bonds. The molecule has 12 heavy (non-hydrogen) atoms. The molecule has 0 saturated heterocycles. The molecule has 0 unspecified atom stereocenters. The van der Waals surface area contributed by atoms with Crippen LogP contribution < -0.4 is 5.32 Å². The molecule has 5 nitrogen and oxygen atoms in total. The molecular weight excluding hydrogens is 162 g/mol. The van der Waals surface area contributed by atoms with Crippen molar-refractivity contribution in [2.24, 2.45) is 0 Å². The smallest absolute Gasteiger partial charge is 0.251 e. The fourth-order valence-corrected chi connectivity index (χ4v) is 0.682. The monoisotopic (exact) mass is 177 g/mol. The molecule has 72 valence electrons. The van der Waals surface area contributed by atoms with Gasteiger partial charge in [-0.05, 0) is 6.42 Å². The predicted octanol–water partition coefficient (Wildman–Crippen LogP) is -1.77. The number of rotatable bonds is 5. The van der Waals surface area contributed by atoms with Crippen LogP contribution in [0.25, 0.3) is 0 Å². The molecule has 0 rings (SSSR count). The Morgan fingerprint density at radius 1 is 1.50 bits per heavy atom. The molecule has 0 aliphatic heterocycles. The molecule has 0 saturated carbocycles. The molecule has 0 heterocycles. The van der Waals surface area contributed by atoms with Crippen molar-refractivity contribution < 1.29 is 20.1 Å². The van der Waals surface area contributed by atoms with E-state index >= 15 is 0 Å². The van der Waals surface area contributed by atoms with Crippen LogP contribution in [-0.4, -0.2) is 46.6 Å². The van der Waals surface area contributed by atoms with Crippen molar-refractivity contribution in [3.8, 4) is 0 Å². The zero-order chi connectivity index (χ0) is 9.56. The lowest BCUT2D eigenvalue weighted by atomic mass is 10.1. The average Bonchev–Trinajstić information content (AvgIpc) is 2.11. The predicted molar refractivity (Wildman–Crippen MR) is 42.4 cm³/mol. The Balaban J connectivity index is 3.75. The lowest BCUT2D eigenvalue weighted by molar-refractivity contribution is -0.135. The van der Waals surface area contributed by atoms with Gasteiger partial charge < -0.3 is 20.6 Å². The molecule has 0 aromatic carbocycles. The molecule has 0 aromatic rings. The second-order valence-corrected chi connectivity index (χ2v) is 2.44. The van der Waals surface area contributed by atoms with Gasteiger partial charge in [-0.1, -0.05) is 6.92 Å². The number of hydrogen-bond acceptors (Lipinski definition) is 4. The summed E-state index contributed by atoms with van der Waals surface area (Å²) in [4.78, 5) is 10.9. The van der Waals surface area contributed by atoms with Gasteiger partial charge in [0.2, 0.25) is 0 Å². The van der Waals surface area contributed by atoms with Crippen LogP contribution in [-0.2, 0) is 4.79 Å². The van der Waals surface area contributed by atoms with Crippen molar-refractivity contribution >= 4 is 5.91 Å². The summed E-state index contributed by atoms with van der Waals surface area (Å²) in [7, 11) is 0. The third-order valence-electron chi connectivity index (χ3n) is 1.46. The molecule has 4 N–H and O–H groups in total. The maximum absolute atomic E-state index is 10.9. The van der Waals surface area contributed by atoms with Crippen molar-refractivity contribution in [1.82, 2.24) is 5.32 Å². The summed E-state index contributed by atoms with van der Waals surface area (Å²) < 4.78 is 0. The van der Waals surface area contributed by atoms with E-state index in [-0.39, 0.29) is 13.2 Å². The topological polar surface area (TPSA) is 89.8 Å². The first kappa shape index (κ1) is 11.4. The summed E-state index contributed by atoms with van der Waals surface area (Å²) in [5.74, 6) is -0.654. The molecule has 0 bridgehead atoms. The van der Waals surface area contributed by atoms with Crippen LogP contribution in [0.3, 0.4) is 0 Å². The number of hydrogen-bond donors (Lipinski definition) is 4. The molecule has 0 aliphatic rings. The van der Waals surface area contributed by atoms with E-state index in [4.69, 9.17) is 15.3 Å². The minimum atomic E-state index is -1.40. The highest BCUT2D eigenvalue weighted by molar-refractivity contribution is 5.81. The highest BCUT2D eigenvalue weighted by Gasteiger charge is 2.21. The average molecular weight is 177 g/mol. The number of aliphatic hydroxyl groups is 3. The van der Waals surface area contributed by atoms with Gasteiger partial charge in [0, 0.05) is 6.54 Å². The quantitative estimate of drug-likeness (QED) is 0.400. The van der Waals surface area contributed by atoms with Gasteiger partial charge in [0.1, 0.15) is 0 Å². The Morgan fingerprint density at radius 2 is 2.08 bits per heavy atom. The molecular formula is C7H15NO4. The van der Waals surface area contributed by atoms with Crippen molar-refractivity contribution in [3.63, 3.8) is 0 Å². The SMILES string of the molecule is CC[C@@H](O)[C@H](O)C(=O)NCCO. The number of amides is 1. The zero-order valence-corrected chi connectivity index (χ0v) is 7.03. The number of aliphatic hydroxyl groups excluding tert-OH is 3. The van der Waals surface area contributed by atoms with Crippen molar-refractivity contribution in [2.75, 3.05) is 13.2 Å². The van der Waals surface area contributed by atoms with Gasteiger partial charge in [-0.2, -0.15) is 0 Å². The third kappa shape index (κ3) is 3.66. The molecule has 0 aromatic heterocycles. The highest BCUT2D eigenvalue weighted by Crippen LogP contribution is 1.97. The van der Waals surface area contributed by atoms with Crippen LogP contribution in [0.5, 0.6) is 0 Å². The van der Waals surface area contributed by atoms with E-state index in [1.807, 2.05) is 0 Å². The van der Waals surface area contributed by atoms with Crippen molar-refractivity contribution in [1.29, 1.82) is 0 Å². The summed E-state index contributed by atoms with van der Waals surface area (Å²) in [6.45, 7) is 1.57. The van der Waals surface area contributed by atoms with Gasteiger partial charge >= 0.3 is 0 Å². The normalized spacial score (nSPS) is 15.3. The molecule has 2 atom stereocenters. The molecule has 5 heteroatoms. The first-order valence-electron chi connectivity index (χ1n) is 3.88. The van der Waals surface area contributed by atoms with E-state index in [9.17, 15) is 4.79 Å². The number of nitrogens with one attached hydrogen (secondary N) is 1. The second kappa shape index (κ2) is 5.93. The first-order valence-corrected chi connectivity index (χ1v) is 3.88. The Bertz CT molecular complexity index is 139. The van der Waals surface area contributed by atoms with Crippen LogP contribution in [0.4, 0.5) is 0 Å². The molecule has 0 aliphatic carbocycles. The summed E-state index contributed by atoms with van der Waals surface area (Å²) in [6.07, 6.45) is -2.13. The molecule has 0 radical (unpaired) electrons. The molecule has 0 fully saturated rings. The van der Waals surface area contributed by atoms with Crippen LogP contribution in [0, 0.1) is 0 Å². The van der Waals surface area contributed by atoms with Crippen LogP contribution >= 0.6 is 0 Å². The van der Waals surface area contributed by atoms with Crippen LogP contribution in [0.15, 0.2) is 0 Å². The van der Waals surface area contributed by atoms with E-state index in [0.717, 1.165) is 0 Å². The fourth-order valence-electron chi connectivity index (χ4n) is 0.682. The van der Waals surface area contributed by atoms with Crippen molar-refractivity contribution in [3.05, 3.63) is 0 Å². The van der Waals surface area contributed by atoms with E-state index < -0.39 is 18.1 Å². The third-order valence-corrected chi connectivity index (χ3v) is 1.46. The fraction of sp³-hybridized carbons (Fsp3) is 0.857. The first-order chi connectivity index (χ1) is 5.63. The second-order valence-electron chi connectivity index (χ2n) is 2.44. The van der Waals surface area contributed by atoms with Gasteiger partial charge in [0.05, 0.1) is 12.7 Å². The van der Waals surface area contributed by atoms with Gasteiger partial charge in [-0.15, -0.1) is 0 Å². The Kier molecular flexibility index (Phi) is 5.61. The summed E-state index contributed by atoms with van der Waals surface area (Å²) in [6, 6.07) is 0. The summed E-state index contributed by atoms with van der Waals surface area (Å²) >= 11 is 0. The van der Waals surface area contributed by atoms with E-state index in [0.29, 0.717) is 6.42 Å². The molecule has 0 spiro atoms. The van der Waals surface area contributed by atoms with Crippen LogP contribution in [0.2, 0.25) is 0 Å². The van der Waals surface area contributed by atoms with E-state index in [1.54, 1.807) is 6.92 Å². The standard InChI is InChI=1S/C7H15NO4/c1-2-5(10)6(11)7(12)8-3-4-9/h5-6,9-11H,2-4H2,1H3,(H,8,12)/t5-,6+/m1/s1. The van der Waals surface area contributed by atoms with Gasteiger partial charge in [-0.3, -0.25) is 4.79 Å². The summed E-state index contributed by atoms with van der Waals surface area (Å²) in [5, 5.41) is 28.7. The minimum absolute atomic E-state index is 0.0896. The maximum atomic E-state index is 10.9. The lowest BCUT2D eigenvalue weighted by Gasteiger charge is -2.14. The Hall–Kier alpha value is -0.650. The van der Waals surface area contributed by atoms with Gasteiger partial charge in [-0.25, -0.2) is 0 Å². The Morgan fingerprint density at radius 3 is 2.50 bits per heavy atom. The minimum Gasteiger partial charge on any atom is -0.395 e. The number of carbonyl (C=O) groups is 1. The lowest BCUT2D eigenvalue weighted by Crippen LogP contribution is -2.42. The Labute approximate surface area is 71.0 Å². The zero-order valence-electron chi connectivity index (χ0n) is 7.03. The van der Waals surface area contributed by atoms with E-state index in [1.165, 1.54) is 0 Å². The summed E-state index contributed by atoms with van der Waals surface area (Å²) in [5.41, 5.74) is 0. The van der Waals surface area contributed by atoms with Crippen LogP contribution in [0.1, 0.15) is 13.3 Å².